The van der Waals surface area contributed by atoms with Crippen molar-refractivity contribution in [2.45, 2.75) is 19.8 Å². The van der Waals surface area contributed by atoms with Gasteiger partial charge in [-0.15, -0.1) is 0 Å². The lowest BCUT2D eigenvalue weighted by Gasteiger charge is -2.10. The highest BCUT2D eigenvalue weighted by Gasteiger charge is 2.02. The molecular weight excluding hydrogens is 180 g/mol. The number of nitrogens with two attached hydrogens (primary N) is 1. The van der Waals surface area contributed by atoms with Gasteiger partial charge in [-0.2, -0.15) is 0 Å². The van der Waals surface area contributed by atoms with E-state index in [0.717, 1.165) is 13.0 Å². The molecule has 0 aliphatic carbocycles. The van der Waals surface area contributed by atoms with Crippen molar-refractivity contribution in [1.29, 1.82) is 0 Å². The van der Waals surface area contributed by atoms with Crippen LogP contribution in [0, 0.1) is 0 Å². The number of carbonyl (C=O) groups excluding carboxylic acids is 1. The zero-order chi connectivity index (χ0) is 11.0. The second-order valence-electron chi connectivity index (χ2n) is 3.23. The number of rotatable bonds is 5. The maximum Gasteiger partial charge on any atom is 0.223 e. The van der Waals surface area contributed by atoms with Crippen molar-refractivity contribution in [3.63, 3.8) is 0 Å². The molecule has 14 heavy (non-hydrogen) atoms. The topological polar surface area (TPSA) is 70.7 Å². The van der Waals surface area contributed by atoms with Crippen LogP contribution in [-0.4, -0.2) is 44.0 Å². The van der Waals surface area contributed by atoms with E-state index in [1.165, 1.54) is 0 Å². The average Bonchev–Trinajstić information content (AvgIpc) is 2.14. The number of guanidine groups is 1. The van der Waals surface area contributed by atoms with E-state index in [2.05, 4.69) is 10.3 Å². The zero-order valence-corrected chi connectivity index (χ0v) is 9.21. The Bertz CT molecular complexity index is 201. The minimum Gasteiger partial charge on any atom is -0.370 e. The van der Waals surface area contributed by atoms with E-state index in [-0.39, 0.29) is 5.91 Å². The summed E-state index contributed by atoms with van der Waals surface area (Å²) in [7, 11) is 3.47. The summed E-state index contributed by atoms with van der Waals surface area (Å²) in [6.07, 6.45) is 1.41. The highest BCUT2D eigenvalue weighted by Crippen LogP contribution is 1.84. The third-order valence-corrected chi connectivity index (χ3v) is 1.65. The van der Waals surface area contributed by atoms with Gasteiger partial charge in [-0.25, -0.2) is 0 Å². The normalized spacial score (nSPS) is 11.2. The summed E-state index contributed by atoms with van der Waals surface area (Å²) in [6.45, 7) is 3.29. The van der Waals surface area contributed by atoms with Gasteiger partial charge in [-0.3, -0.25) is 9.79 Å². The molecule has 5 nitrogen and oxygen atoms in total. The van der Waals surface area contributed by atoms with Crippen LogP contribution in [0.15, 0.2) is 4.99 Å². The van der Waals surface area contributed by atoms with Crippen molar-refractivity contribution in [3.8, 4) is 0 Å². The van der Waals surface area contributed by atoms with E-state index in [0.29, 0.717) is 18.9 Å². The number of amides is 1. The molecule has 0 radical (unpaired) electrons. The first kappa shape index (κ1) is 12.7. The second kappa shape index (κ2) is 7.17. The van der Waals surface area contributed by atoms with Gasteiger partial charge in [0.1, 0.15) is 0 Å². The predicted octanol–water partition coefficient (Wildman–Crippen LogP) is -0.221. The van der Waals surface area contributed by atoms with Gasteiger partial charge in [0.15, 0.2) is 5.96 Å². The van der Waals surface area contributed by atoms with Gasteiger partial charge in [-0.05, 0) is 6.42 Å². The van der Waals surface area contributed by atoms with Crippen LogP contribution in [-0.2, 0) is 4.79 Å². The largest absolute Gasteiger partial charge is 0.370 e. The molecule has 0 aromatic heterocycles. The van der Waals surface area contributed by atoms with Gasteiger partial charge in [-0.1, -0.05) is 6.92 Å². The number of hydrogen-bond donors (Lipinski definition) is 2. The molecule has 0 fully saturated rings. The highest BCUT2D eigenvalue weighted by atomic mass is 16.2. The Balaban J connectivity index is 3.58. The van der Waals surface area contributed by atoms with Crippen molar-refractivity contribution in [2.24, 2.45) is 10.7 Å². The summed E-state index contributed by atoms with van der Waals surface area (Å²) < 4.78 is 0. The van der Waals surface area contributed by atoms with Crippen molar-refractivity contribution in [3.05, 3.63) is 0 Å². The molecule has 1 amide bonds. The molecule has 0 aromatic carbocycles. The lowest BCUT2D eigenvalue weighted by molar-refractivity contribution is -0.128. The Hall–Kier alpha value is -1.26. The third kappa shape index (κ3) is 6.28. The van der Waals surface area contributed by atoms with Gasteiger partial charge in [0.25, 0.3) is 0 Å². The van der Waals surface area contributed by atoms with Crippen LogP contribution >= 0.6 is 0 Å². The zero-order valence-electron chi connectivity index (χ0n) is 9.21. The van der Waals surface area contributed by atoms with Crippen LogP contribution in [0.5, 0.6) is 0 Å². The molecule has 3 N–H and O–H groups in total. The molecular formula is C9H20N4O. The molecule has 82 valence electrons. The minimum absolute atomic E-state index is 0.0841. The maximum absolute atomic E-state index is 11.1. The standard InChI is InChI=1S/C9H20N4O/c1-4-6-11-9(10)12-7-5-8(14)13(2)3/h4-7H2,1-3H3,(H3,10,11,12). The first-order chi connectivity index (χ1) is 6.57. The first-order valence-corrected chi connectivity index (χ1v) is 4.81. The molecule has 0 unspecified atom stereocenters. The fourth-order valence-corrected chi connectivity index (χ4v) is 0.809. The Labute approximate surface area is 85.4 Å². The molecule has 0 rings (SSSR count). The maximum atomic E-state index is 11.1. The van der Waals surface area contributed by atoms with Gasteiger partial charge in [0.05, 0.1) is 0 Å². The van der Waals surface area contributed by atoms with Gasteiger partial charge in [0, 0.05) is 33.6 Å². The molecule has 5 heteroatoms. The summed E-state index contributed by atoms with van der Waals surface area (Å²) in [5.41, 5.74) is 5.54. The molecule has 0 aromatic rings. The second-order valence-corrected chi connectivity index (χ2v) is 3.23. The predicted molar refractivity (Wildman–Crippen MR) is 58.1 cm³/mol. The minimum atomic E-state index is 0.0841. The lowest BCUT2D eigenvalue weighted by atomic mass is 10.4. The molecule has 0 spiro atoms. The number of hydrogen-bond acceptors (Lipinski definition) is 2. The van der Waals surface area contributed by atoms with E-state index >= 15 is 0 Å². The van der Waals surface area contributed by atoms with E-state index < -0.39 is 0 Å². The van der Waals surface area contributed by atoms with Gasteiger partial charge >= 0.3 is 0 Å². The number of nitrogens with one attached hydrogen (secondary N) is 1. The SMILES string of the molecule is CCCN=C(N)NCCC(=O)N(C)C. The van der Waals surface area contributed by atoms with Gasteiger partial charge in [0.2, 0.25) is 5.91 Å². The van der Waals surface area contributed by atoms with Crippen molar-refractivity contribution >= 4 is 11.9 Å². The van der Waals surface area contributed by atoms with Crippen LogP contribution in [0.2, 0.25) is 0 Å². The molecule has 0 aliphatic rings. The van der Waals surface area contributed by atoms with Crippen molar-refractivity contribution in [1.82, 2.24) is 10.2 Å². The molecule has 0 bridgehead atoms. The summed E-state index contributed by atoms with van der Waals surface area (Å²) in [4.78, 5) is 16.7. The molecule has 0 atom stereocenters. The molecule has 0 saturated heterocycles. The van der Waals surface area contributed by atoms with Crippen molar-refractivity contribution < 1.29 is 4.79 Å². The summed E-state index contributed by atoms with van der Waals surface area (Å²) in [5.74, 6) is 0.499. The Morgan fingerprint density at radius 1 is 1.50 bits per heavy atom. The van der Waals surface area contributed by atoms with Crippen LogP contribution < -0.4 is 11.1 Å². The monoisotopic (exact) mass is 200 g/mol. The third-order valence-electron chi connectivity index (χ3n) is 1.65. The number of carbonyl (C=O) groups is 1. The highest BCUT2D eigenvalue weighted by molar-refractivity contribution is 5.79. The fourth-order valence-electron chi connectivity index (χ4n) is 0.809. The molecule has 0 saturated carbocycles. The van der Waals surface area contributed by atoms with E-state index in [4.69, 9.17) is 5.73 Å². The fraction of sp³-hybridized carbons (Fsp3) is 0.778. The summed E-state index contributed by atoms with van der Waals surface area (Å²) >= 11 is 0. The molecule has 0 aliphatic heterocycles. The Morgan fingerprint density at radius 2 is 2.14 bits per heavy atom. The van der Waals surface area contributed by atoms with E-state index in [1.807, 2.05) is 6.92 Å². The number of nitrogens with zero attached hydrogens (tertiary/aromatic N) is 2. The van der Waals surface area contributed by atoms with Crippen LogP contribution in [0.4, 0.5) is 0 Å². The first-order valence-electron chi connectivity index (χ1n) is 4.81. The van der Waals surface area contributed by atoms with Crippen LogP contribution in [0.25, 0.3) is 0 Å². The van der Waals surface area contributed by atoms with E-state index in [9.17, 15) is 4.79 Å². The van der Waals surface area contributed by atoms with E-state index in [1.54, 1.807) is 19.0 Å². The lowest BCUT2D eigenvalue weighted by Crippen LogP contribution is -2.35. The van der Waals surface area contributed by atoms with Crippen LogP contribution in [0.3, 0.4) is 0 Å². The van der Waals surface area contributed by atoms with Crippen LogP contribution in [0.1, 0.15) is 19.8 Å². The quantitative estimate of drug-likeness (QED) is 0.476. The summed E-state index contributed by atoms with van der Waals surface area (Å²) in [5, 5.41) is 2.88. The summed E-state index contributed by atoms with van der Waals surface area (Å²) in [6, 6.07) is 0. The van der Waals surface area contributed by atoms with Gasteiger partial charge < -0.3 is 16.0 Å². The number of aliphatic imine (C=N–C) groups is 1. The average molecular weight is 200 g/mol. The Morgan fingerprint density at radius 3 is 2.64 bits per heavy atom. The molecule has 0 heterocycles. The van der Waals surface area contributed by atoms with Crippen molar-refractivity contribution in [2.75, 3.05) is 27.2 Å². The smallest absolute Gasteiger partial charge is 0.223 e. The Kier molecular flexibility index (Phi) is 6.53.